The van der Waals surface area contributed by atoms with Gasteiger partial charge < -0.3 is 10.8 Å². The molecule has 4 nitrogen and oxygen atoms in total. The predicted molar refractivity (Wildman–Crippen MR) is 105 cm³/mol. The molecule has 0 aromatic rings. The van der Waals surface area contributed by atoms with E-state index in [-0.39, 0.29) is 12.1 Å². The van der Waals surface area contributed by atoms with Crippen LogP contribution >= 0.6 is 0 Å². The van der Waals surface area contributed by atoms with Gasteiger partial charge in [-0.2, -0.15) is 0 Å². The molecule has 0 aromatic heterocycles. The molecule has 2 fully saturated rings. The van der Waals surface area contributed by atoms with Crippen molar-refractivity contribution in [1.29, 1.82) is 0 Å². The zero-order valence-corrected chi connectivity index (χ0v) is 15.6. The second kappa shape index (κ2) is 12.2. The molecule has 24 heavy (non-hydrogen) atoms. The van der Waals surface area contributed by atoms with Gasteiger partial charge in [0, 0.05) is 20.1 Å². The number of allylic oxidation sites excluding steroid dienone is 4. The van der Waals surface area contributed by atoms with Crippen molar-refractivity contribution in [3.8, 4) is 0 Å². The number of nitrogens with zero attached hydrogens (tertiary/aromatic N) is 2. The monoisotopic (exact) mass is 333 g/mol. The molecule has 3 aliphatic carbocycles. The molecule has 3 aliphatic rings. The van der Waals surface area contributed by atoms with Crippen molar-refractivity contribution in [3.05, 3.63) is 24.3 Å². The minimum Gasteiger partial charge on any atom is -0.392 e. The van der Waals surface area contributed by atoms with Crippen molar-refractivity contribution in [2.75, 3.05) is 14.1 Å². The number of aliphatic hydroxyl groups is 1. The standard InChI is InChI=1S/C8H10N2.C7H15NO.C5H10/c1-9-7-5-3-4-6-8(7)10-2;1-5-2-3-7(9)6(8)4-5;1-2-4-5-3-1/h3-6H,1-2H3;5-7,9H,2-4,8H2,1H3;1-5H2. The number of aliphatic hydroxyl groups excluding tert-OH is 1. The fraction of sp³-hybridized carbons (Fsp3) is 0.700. The molecule has 0 saturated heterocycles. The highest BCUT2D eigenvalue weighted by Gasteiger charge is 2.23. The van der Waals surface area contributed by atoms with Crippen molar-refractivity contribution < 1.29 is 5.11 Å². The Labute approximate surface area is 147 Å². The molecule has 0 bridgehead atoms. The Morgan fingerprint density at radius 2 is 1.38 bits per heavy atom. The third-order valence-corrected chi connectivity index (χ3v) is 4.74. The maximum atomic E-state index is 9.17. The van der Waals surface area contributed by atoms with Gasteiger partial charge in [0.1, 0.15) is 0 Å². The highest BCUT2D eigenvalue weighted by Crippen LogP contribution is 2.22. The summed E-state index contributed by atoms with van der Waals surface area (Å²) in [6.45, 7) is 2.19. The topological polar surface area (TPSA) is 71.0 Å². The lowest BCUT2D eigenvalue weighted by Gasteiger charge is -2.28. The SMILES string of the molecule is C1CCCC1.CC1CCC(O)C(N)C1.CN=C1C=CC=CC1=NC. The van der Waals surface area contributed by atoms with Crippen molar-refractivity contribution in [2.24, 2.45) is 21.6 Å². The molecule has 2 saturated carbocycles. The first-order chi connectivity index (χ1) is 11.6. The van der Waals surface area contributed by atoms with Gasteiger partial charge >= 0.3 is 0 Å². The van der Waals surface area contributed by atoms with Crippen LogP contribution in [0.1, 0.15) is 58.3 Å². The summed E-state index contributed by atoms with van der Waals surface area (Å²) in [5, 5.41) is 9.17. The van der Waals surface area contributed by atoms with E-state index in [1.165, 1.54) is 32.1 Å². The van der Waals surface area contributed by atoms with Crippen LogP contribution in [0.15, 0.2) is 34.3 Å². The Bertz CT molecular complexity index is 428. The Morgan fingerprint density at radius 3 is 1.71 bits per heavy atom. The van der Waals surface area contributed by atoms with Crippen LogP contribution in [0.5, 0.6) is 0 Å². The van der Waals surface area contributed by atoms with Crippen LogP contribution in [0.3, 0.4) is 0 Å². The maximum absolute atomic E-state index is 9.17. The molecule has 3 atom stereocenters. The summed E-state index contributed by atoms with van der Waals surface area (Å²) in [6, 6.07) is 0.0359. The molecule has 136 valence electrons. The molecule has 0 heterocycles. The van der Waals surface area contributed by atoms with Crippen molar-refractivity contribution in [2.45, 2.75) is 70.4 Å². The average molecular weight is 334 g/mol. The third-order valence-electron chi connectivity index (χ3n) is 4.74. The normalized spacial score (nSPS) is 32.1. The summed E-state index contributed by atoms with van der Waals surface area (Å²) < 4.78 is 0. The first kappa shape index (κ1) is 20.8. The molecule has 3 unspecified atom stereocenters. The number of aliphatic imine (C=N–C) groups is 2. The second-order valence-corrected chi connectivity index (χ2v) is 6.85. The van der Waals surface area contributed by atoms with E-state index in [9.17, 15) is 5.11 Å². The van der Waals surface area contributed by atoms with Crippen LogP contribution in [0.2, 0.25) is 0 Å². The lowest BCUT2D eigenvalue weighted by atomic mass is 9.86. The molecule has 0 radical (unpaired) electrons. The van der Waals surface area contributed by atoms with E-state index in [0.29, 0.717) is 5.92 Å². The fourth-order valence-electron chi connectivity index (χ4n) is 3.14. The summed E-state index contributed by atoms with van der Waals surface area (Å²) in [7, 11) is 3.54. The van der Waals surface area contributed by atoms with Crippen LogP contribution in [-0.2, 0) is 0 Å². The van der Waals surface area contributed by atoms with E-state index < -0.39 is 0 Å². The Morgan fingerprint density at radius 1 is 0.917 bits per heavy atom. The van der Waals surface area contributed by atoms with Crippen LogP contribution in [-0.4, -0.2) is 42.8 Å². The highest BCUT2D eigenvalue weighted by atomic mass is 16.3. The Hall–Kier alpha value is -1.26. The second-order valence-electron chi connectivity index (χ2n) is 6.85. The van der Waals surface area contributed by atoms with Crippen LogP contribution in [0.25, 0.3) is 0 Å². The molecule has 0 aliphatic heterocycles. The summed E-state index contributed by atoms with van der Waals surface area (Å²) in [4.78, 5) is 8.10. The fourth-order valence-corrected chi connectivity index (χ4v) is 3.14. The number of nitrogens with two attached hydrogens (primary N) is 1. The van der Waals surface area contributed by atoms with E-state index in [1.807, 2.05) is 24.3 Å². The predicted octanol–water partition coefficient (Wildman–Crippen LogP) is 3.70. The minimum absolute atomic E-state index is 0.0359. The highest BCUT2D eigenvalue weighted by molar-refractivity contribution is 6.51. The molecule has 4 heteroatoms. The zero-order chi connectivity index (χ0) is 17.8. The first-order valence-corrected chi connectivity index (χ1v) is 9.30. The third kappa shape index (κ3) is 8.02. The van der Waals surface area contributed by atoms with Gasteiger partial charge in [-0.15, -0.1) is 0 Å². The van der Waals surface area contributed by atoms with Crippen LogP contribution < -0.4 is 5.73 Å². The molecule has 0 spiro atoms. The number of hydrogen-bond donors (Lipinski definition) is 2. The number of hydrogen-bond acceptors (Lipinski definition) is 4. The Kier molecular flexibility index (Phi) is 10.5. The van der Waals surface area contributed by atoms with E-state index in [0.717, 1.165) is 30.7 Å². The van der Waals surface area contributed by atoms with Gasteiger partial charge in [0.05, 0.1) is 17.5 Å². The van der Waals surface area contributed by atoms with Crippen molar-refractivity contribution >= 4 is 11.4 Å². The van der Waals surface area contributed by atoms with E-state index in [4.69, 9.17) is 5.73 Å². The van der Waals surface area contributed by atoms with Gasteiger partial charge in [0.15, 0.2) is 0 Å². The molecular weight excluding hydrogens is 298 g/mol. The quantitative estimate of drug-likeness (QED) is 0.664. The molecule has 3 rings (SSSR count). The summed E-state index contributed by atoms with van der Waals surface area (Å²) in [6.07, 6.45) is 18.1. The summed E-state index contributed by atoms with van der Waals surface area (Å²) in [5.41, 5.74) is 7.52. The van der Waals surface area contributed by atoms with Crippen LogP contribution in [0, 0.1) is 5.92 Å². The lowest BCUT2D eigenvalue weighted by Crippen LogP contribution is -2.39. The van der Waals surface area contributed by atoms with Gasteiger partial charge in [-0.25, -0.2) is 0 Å². The van der Waals surface area contributed by atoms with Gasteiger partial charge in [0.25, 0.3) is 0 Å². The first-order valence-electron chi connectivity index (χ1n) is 9.30. The molecule has 0 amide bonds. The zero-order valence-electron chi connectivity index (χ0n) is 15.6. The van der Waals surface area contributed by atoms with E-state index in [1.54, 1.807) is 14.1 Å². The minimum atomic E-state index is -0.235. The maximum Gasteiger partial charge on any atom is 0.0822 e. The van der Waals surface area contributed by atoms with E-state index in [2.05, 4.69) is 16.9 Å². The Balaban J connectivity index is 0.000000189. The largest absolute Gasteiger partial charge is 0.392 e. The number of rotatable bonds is 0. The van der Waals surface area contributed by atoms with E-state index >= 15 is 0 Å². The van der Waals surface area contributed by atoms with Crippen molar-refractivity contribution in [3.63, 3.8) is 0 Å². The lowest BCUT2D eigenvalue weighted by molar-refractivity contribution is 0.0906. The van der Waals surface area contributed by atoms with Crippen LogP contribution in [0.4, 0.5) is 0 Å². The van der Waals surface area contributed by atoms with Gasteiger partial charge in [0.2, 0.25) is 0 Å². The molecule has 3 N–H and O–H groups in total. The summed E-state index contributed by atoms with van der Waals surface area (Å²) in [5.74, 6) is 0.711. The smallest absolute Gasteiger partial charge is 0.0822 e. The van der Waals surface area contributed by atoms with Gasteiger partial charge in [-0.3, -0.25) is 9.98 Å². The molecular formula is C20H35N3O. The summed E-state index contributed by atoms with van der Waals surface area (Å²) >= 11 is 0. The van der Waals surface area contributed by atoms with Crippen molar-refractivity contribution in [1.82, 2.24) is 0 Å². The average Bonchev–Trinajstić information content (AvgIpc) is 3.19. The van der Waals surface area contributed by atoms with Gasteiger partial charge in [-0.1, -0.05) is 51.2 Å². The van der Waals surface area contributed by atoms with Gasteiger partial charge in [-0.05, 0) is 37.3 Å². The molecule has 0 aromatic carbocycles.